The number of halogens is 4. The molecule has 0 fully saturated rings. The number of ether oxygens (including phenoxy) is 3. The van der Waals surface area contributed by atoms with Gasteiger partial charge in [-0.25, -0.2) is 31.1 Å². The predicted octanol–water partition coefficient (Wildman–Crippen LogP) is 6.68. The van der Waals surface area contributed by atoms with Crippen LogP contribution in [0.3, 0.4) is 0 Å². The quantitative estimate of drug-likeness (QED) is 0.109. The van der Waals surface area contributed by atoms with E-state index in [4.69, 9.17) is 25.8 Å². The Labute approximate surface area is 252 Å². The molecule has 9 nitrogen and oxygen atoms in total. The minimum atomic E-state index is -4.49. The highest BCUT2D eigenvalue weighted by molar-refractivity contribution is 7.92. The molecule has 0 aliphatic rings. The smallest absolute Gasteiger partial charge is 0.359 e. The average molecular weight is 656 g/mol. The second kappa shape index (κ2) is 12.6. The van der Waals surface area contributed by atoms with Crippen LogP contribution in [0.1, 0.15) is 10.5 Å². The van der Waals surface area contributed by atoms with E-state index in [1.54, 1.807) is 0 Å². The lowest BCUT2D eigenvalue weighted by Crippen LogP contribution is -2.22. The number of sulfonamides is 1. The Morgan fingerprint density at radius 2 is 1.77 bits per heavy atom. The zero-order chi connectivity index (χ0) is 31.7. The first-order chi connectivity index (χ1) is 20.2. The van der Waals surface area contributed by atoms with Crippen LogP contribution in [-0.4, -0.2) is 53.1 Å². The molecule has 4 aromatic rings. The van der Waals surface area contributed by atoms with Crippen molar-refractivity contribution < 1.29 is 40.6 Å². The van der Waals surface area contributed by atoms with Crippen LogP contribution in [0.5, 0.6) is 5.75 Å². The van der Waals surface area contributed by atoms with Gasteiger partial charge in [-0.3, -0.25) is 4.72 Å². The van der Waals surface area contributed by atoms with Crippen molar-refractivity contribution in [2.75, 3.05) is 25.5 Å². The number of anilines is 1. The van der Waals surface area contributed by atoms with Crippen molar-refractivity contribution in [1.29, 1.82) is 0 Å². The van der Waals surface area contributed by atoms with Gasteiger partial charge in [0, 0.05) is 30.7 Å². The molecule has 0 radical (unpaired) electrons. The molecule has 1 N–H and O–H groups in total. The number of hydrogen-bond donors (Lipinski definition) is 1. The van der Waals surface area contributed by atoms with E-state index in [0.29, 0.717) is 6.61 Å². The van der Waals surface area contributed by atoms with Crippen molar-refractivity contribution >= 4 is 52.3 Å². The van der Waals surface area contributed by atoms with Crippen LogP contribution in [0, 0.1) is 17.5 Å². The number of esters is 1. The van der Waals surface area contributed by atoms with Crippen LogP contribution in [0.15, 0.2) is 47.4 Å². The van der Waals surface area contributed by atoms with E-state index in [-0.39, 0.29) is 34.1 Å². The molecule has 0 unspecified atom stereocenters. The van der Waals surface area contributed by atoms with Crippen molar-refractivity contribution in [2.45, 2.75) is 37.3 Å². The lowest BCUT2D eigenvalue weighted by Gasteiger charge is -2.16. The maximum absolute atomic E-state index is 16.2. The summed E-state index contributed by atoms with van der Waals surface area (Å²) in [6.07, 6.45) is 0. The number of aromatic nitrogens is 2. The number of benzene rings is 3. The molecule has 0 aliphatic carbocycles. The highest BCUT2D eigenvalue weighted by Crippen LogP contribution is 2.37. The van der Waals surface area contributed by atoms with Crippen LogP contribution in [0.2, 0.25) is 30.7 Å². The van der Waals surface area contributed by atoms with Crippen LogP contribution in [-0.2, 0) is 26.2 Å². The summed E-state index contributed by atoms with van der Waals surface area (Å²) >= 11 is 5.95. The number of fused-ring (bicyclic) bond motifs is 1. The third kappa shape index (κ3) is 6.82. The van der Waals surface area contributed by atoms with Crippen LogP contribution in [0.4, 0.5) is 18.9 Å². The number of methoxy groups -OCH3 is 2. The molecule has 43 heavy (non-hydrogen) atoms. The Morgan fingerprint density at radius 1 is 1.05 bits per heavy atom. The molecule has 4 rings (SSSR count). The Bertz CT molecular complexity index is 1810. The summed E-state index contributed by atoms with van der Waals surface area (Å²) in [6.45, 7) is 6.58. The highest BCUT2D eigenvalue weighted by atomic mass is 35.5. The van der Waals surface area contributed by atoms with Gasteiger partial charge in [0.1, 0.15) is 28.7 Å². The monoisotopic (exact) mass is 655 g/mol. The van der Waals surface area contributed by atoms with E-state index in [0.717, 1.165) is 42.1 Å². The van der Waals surface area contributed by atoms with Crippen molar-refractivity contribution in [2.24, 2.45) is 0 Å². The summed E-state index contributed by atoms with van der Waals surface area (Å²) in [5.41, 5.74) is -2.50. The SMILES string of the molecule is COC(=O)c1nn(COCC[Si](C)(C)C)c2c(F)c(-c3c(F)ccc(NS(=O)(=O)c4cc(Cl)ccc4OC)c3F)ccc12. The van der Waals surface area contributed by atoms with Gasteiger partial charge in [-0.05, 0) is 42.4 Å². The van der Waals surface area contributed by atoms with Gasteiger partial charge in [0.05, 0.1) is 25.5 Å². The number of rotatable bonds is 11. The zero-order valence-electron chi connectivity index (χ0n) is 23.9. The highest BCUT2D eigenvalue weighted by Gasteiger charge is 2.28. The Kier molecular flexibility index (Phi) is 9.44. The van der Waals surface area contributed by atoms with Gasteiger partial charge in [-0.2, -0.15) is 5.10 Å². The molecule has 0 saturated carbocycles. The molecule has 0 saturated heterocycles. The number of nitrogens with zero attached hydrogens (tertiary/aromatic N) is 2. The fraction of sp³-hybridized carbons (Fsp3) is 0.286. The summed E-state index contributed by atoms with van der Waals surface area (Å²) in [7, 11) is -3.56. The van der Waals surface area contributed by atoms with E-state index >= 15 is 13.2 Å². The molecule has 0 atom stereocenters. The largest absolute Gasteiger partial charge is 0.495 e. The van der Waals surface area contributed by atoms with E-state index in [9.17, 15) is 13.2 Å². The first-order valence-corrected chi connectivity index (χ1v) is 18.4. The fourth-order valence-corrected chi connectivity index (χ4v) is 6.48. The van der Waals surface area contributed by atoms with Gasteiger partial charge in [-0.1, -0.05) is 37.3 Å². The van der Waals surface area contributed by atoms with Gasteiger partial charge in [0.2, 0.25) is 0 Å². The van der Waals surface area contributed by atoms with Crippen molar-refractivity contribution in [3.63, 3.8) is 0 Å². The maximum atomic E-state index is 16.2. The lowest BCUT2D eigenvalue weighted by atomic mass is 10.0. The summed E-state index contributed by atoms with van der Waals surface area (Å²) < 4.78 is 92.1. The predicted molar refractivity (Wildman–Crippen MR) is 159 cm³/mol. The number of carbonyl (C=O) groups is 1. The third-order valence-corrected chi connectivity index (χ3v) is 9.78. The maximum Gasteiger partial charge on any atom is 0.359 e. The Balaban J connectivity index is 1.81. The molecule has 15 heteroatoms. The van der Waals surface area contributed by atoms with E-state index in [2.05, 4.69) is 29.5 Å². The standard InChI is InChI=1S/C28H29ClF3N3O6SSi/c1-39-21-11-6-16(29)14-22(21)42(37,38)34-20-10-9-19(30)23(25(20)32)17-7-8-18-26(28(36)40-2)33-35(27(18)24(17)31)15-41-12-13-43(3,4)5/h6-11,14,34H,12-13,15H2,1-5H3. The molecular weight excluding hydrogens is 627 g/mol. The fourth-order valence-electron chi connectivity index (χ4n) is 4.23. The van der Waals surface area contributed by atoms with Gasteiger partial charge in [-0.15, -0.1) is 0 Å². The molecule has 3 aromatic carbocycles. The van der Waals surface area contributed by atoms with Gasteiger partial charge in [0.25, 0.3) is 10.0 Å². The van der Waals surface area contributed by atoms with Gasteiger partial charge >= 0.3 is 5.97 Å². The topological polar surface area (TPSA) is 109 Å². The zero-order valence-corrected chi connectivity index (χ0v) is 26.5. The average Bonchev–Trinajstić information content (AvgIpc) is 3.32. The second-order valence-corrected chi connectivity index (χ2v) is 18.4. The summed E-state index contributed by atoms with van der Waals surface area (Å²) in [4.78, 5) is 12.0. The summed E-state index contributed by atoms with van der Waals surface area (Å²) in [6, 6.07) is 8.64. The van der Waals surface area contributed by atoms with Gasteiger partial charge in [0.15, 0.2) is 17.3 Å². The van der Waals surface area contributed by atoms with E-state index in [1.165, 1.54) is 25.3 Å². The Morgan fingerprint density at radius 3 is 2.42 bits per heavy atom. The normalized spacial score (nSPS) is 12.0. The minimum absolute atomic E-state index is 0.0348. The Hall–Kier alpha value is -3.59. The molecule has 1 heterocycles. The summed E-state index contributed by atoms with van der Waals surface area (Å²) in [5.74, 6) is -4.57. The number of hydrogen-bond acceptors (Lipinski definition) is 7. The first kappa shape index (κ1) is 32.3. The van der Waals surface area contributed by atoms with Gasteiger partial charge < -0.3 is 14.2 Å². The summed E-state index contributed by atoms with van der Waals surface area (Å²) in [5, 5.41) is 4.25. The molecule has 0 spiro atoms. The third-order valence-electron chi connectivity index (χ3n) is 6.46. The number of carbonyl (C=O) groups excluding carboxylic acids is 1. The van der Waals surface area contributed by atoms with E-state index in [1.807, 2.05) is 0 Å². The molecular formula is C28H29ClF3N3O6SSi. The molecule has 0 aliphatic heterocycles. The van der Waals surface area contributed by atoms with Crippen LogP contribution in [0.25, 0.3) is 22.0 Å². The van der Waals surface area contributed by atoms with Crippen LogP contribution >= 0.6 is 11.6 Å². The molecule has 0 amide bonds. The van der Waals surface area contributed by atoms with Crippen LogP contribution < -0.4 is 9.46 Å². The molecule has 0 bridgehead atoms. The van der Waals surface area contributed by atoms with Crippen molar-refractivity contribution in [1.82, 2.24) is 9.78 Å². The lowest BCUT2D eigenvalue weighted by molar-refractivity contribution is 0.0585. The molecule has 1 aromatic heterocycles. The molecule has 230 valence electrons. The minimum Gasteiger partial charge on any atom is -0.495 e. The van der Waals surface area contributed by atoms with Crippen molar-refractivity contribution in [3.05, 3.63) is 70.6 Å². The number of nitrogens with one attached hydrogen (secondary N) is 1. The second-order valence-electron chi connectivity index (χ2n) is 10.7. The van der Waals surface area contributed by atoms with E-state index < -0.39 is 63.2 Å². The van der Waals surface area contributed by atoms with Crippen molar-refractivity contribution in [3.8, 4) is 16.9 Å². The first-order valence-electron chi connectivity index (χ1n) is 12.9.